The standard InChI is InChI=1S/C51H87N7O12/c1-14-40-51(10,64)44(60)34(6)57(12)28-30(2)26-49(8,63)46(32(4)43(33(5)47(62)68-40)69-41-27-50(9,65-13)45(61)35(7)67-41)70-48-42(59)39(25-31(3)66-48)56(11)24-22-38-29-58(55-54-38)23-16-15-17-36-18-20-37(53-52)21-19-36/h18-21,29-35,39-46,48,53,59-61,63-64H,14-17,22-28H2,1-13H3/t30-,31-,32+,33-,34-,35+,39+,40-,41+,42-,43+,44-,45+,46-,48+,49-,50-,51-/m1/s1. The second kappa shape index (κ2) is 24.8. The van der Waals surface area contributed by atoms with Gasteiger partial charge in [-0.3, -0.25) is 14.6 Å². The first-order chi connectivity index (χ1) is 32.8. The largest absolute Gasteiger partial charge is 0.502 e. The van der Waals surface area contributed by atoms with E-state index in [1.807, 2.05) is 74.9 Å². The Morgan fingerprint density at radius 3 is 2.29 bits per heavy atom. The van der Waals surface area contributed by atoms with Gasteiger partial charge in [0.1, 0.15) is 30.0 Å². The van der Waals surface area contributed by atoms with Crippen LogP contribution in [0.3, 0.4) is 0 Å². The third-order valence-corrected chi connectivity index (χ3v) is 15.6. The van der Waals surface area contributed by atoms with Crippen LogP contribution in [0, 0.1) is 17.8 Å². The van der Waals surface area contributed by atoms with Crippen LogP contribution in [0.2, 0.25) is 0 Å². The van der Waals surface area contributed by atoms with Crippen LogP contribution in [0.25, 0.3) is 5.53 Å². The first-order valence-electron chi connectivity index (χ1n) is 25.5. The zero-order valence-corrected chi connectivity index (χ0v) is 44.1. The molecule has 3 aliphatic rings. The van der Waals surface area contributed by atoms with Crippen molar-refractivity contribution < 1.29 is 63.9 Å². The highest BCUT2D eigenvalue weighted by molar-refractivity contribution is 5.73. The summed E-state index contributed by atoms with van der Waals surface area (Å²) < 4.78 is 40.1. The van der Waals surface area contributed by atoms with Gasteiger partial charge in [0.05, 0.1) is 47.2 Å². The molecule has 6 N–H and O–H groups in total. The third kappa shape index (κ3) is 14.2. The molecule has 0 unspecified atom stereocenters. The quantitative estimate of drug-likeness (QED) is 0.0805. The normalized spacial score (nSPS) is 39.8. The molecule has 3 fully saturated rings. The molecule has 5 rings (SSSR count). The van der Waals surface area contributed by atoms with Crippen molar-refractivity contribution >= 4 is 11.7 Å². The monoisotopic (exact) mass is 990 g/mol. The number of likely N-dealkylation sites (N-methyl/N-ethyl adjacent to an activating group) is 2. The Hall–Kier alpha value is -3.05. The number of aromatic nitrogens is 3. The summed E-state index contributed by atoms with van der Waals surface area (Å²) in [6, 6.07) is 6.71. The lowest BCUT2D eigenvalue weighted by Crippen LogP contribution is -2.61. The molecule has 0 radical (unpaired) electrons. The van der Waals surface area contributed by atoms with Crippen molar-refractivity contribution in [1.29, 1.82) is 0 Å². The summed E-state index contributed by atoms with van der Waals surface area (Å²) in [6.07, 6.45) is -3.58. The van der Waals surface area contributed by atoms with Gasteiger partial charge >= 0.3 is 5.97 Å². The van der Waals surface area contributed by atoms with Crippen molar-refractivity contribution in [1.82, 2.24) is 24.8 Å². The van der Waals surface area contributed by atoms with Crippen molar-refractivity contribution in [2.45, 2.75) is 217 Å². The highest BCUT2D eigenvalue weighted by atomic mass is 16.7. The molecule has 0 amide bonds. The number of rotatable bonds is 16. The van der Waals surface area contributed by atoms with Gasteiger partial charge in [-0.05, 0) is 113 Å². The number of hydrogen-bond donors (Lipinski definition) is 6. The maximum atomic E-state index is 14.5. The van der Waals surface area contributed by atoms with Crippen LogP contribution in [0.4, 0.5) is 5.69 Å². The Balaban J connectivity index is 1.39. The number of methoxy groups -OCH3 is 1. The summed E-state index contributed by atoms with van der Waals surface area (Å²) in [4.78, 5) is 18.5. The van der Waals surface area contributed by atoms with E-state index < -0.39 is 102 Å². The van der Waals surface area contributed by atoms with Gasteiger partial charge in [-0.15, -0.1) is 5.10 Å². The Morgan fingerprint density at radius 1 is 0.957 bits per heavy atom. The molecule has 3 aliphatic heterocycles. The summed E-state index contributed by atoms with van der Waals surface area (Å²) in [7, 11) is 5.30. The predicted molar refractivity (Wildman–Crippen MR) is 260 cm³/mol. The number of unbranched alkanes of at least 4 members (excludes halogenated alkanes) is 1. The van der Waals surface area contributed by atoms with Gasteiger partial charge < -0.3 is 69.3 Å². The second-order valence-electron chi connectivity index (χ2n) is 21.7. The maximum Gasteiger partial charge on any atom is 0.311 e. The van der Waals surface area contributed by atoms with Crippen LogP contribution in [0.15, 0.2) is 30.5 Å². The summed E-state index contributed by atoms with van der Waals surface area (Å²) >= 11 is 0. The van der Waals surface area contributed by atoms with Crippen molar-refractivity contribution in [3.63, 3.8) is 0 Å². The maximum absolute atomic E-state index is 14.5. The summed E-state index contributed by atoms with van der Waals surface area (Å²) in [6.45, 7) is 19.3. The van der Waals surface area contributed by atoms with Gasteiger partial charge in [0.15, 0.2) is 18.3 Å². The smallest absolute Gasteiger partial charge is 0.311 e. The predicted octanol–water partition coefficient (Wildman–Crippen LogP) is 2.86. The Bertz CT molecular complexity index is 1940. The summed E-state index contributed by atoms with van der Waals surface area (Å²) in [5.74, 6) is -2.75. The van der Waals surface area contributed by atoms with E-state index in [-0.39, 0.29) is 31.3 Å². The first kappa shape index (κ1) is 57.8. The number of ether oxygens (including phenoxy) is 6. The fraction of sp³-hybridized carbons (Fsp3) is 0.824. The molecule has 0 spiro atoms. The van der Waals surface area contributed by atoms with E-state index in [2.05, 4.69) is 20.3 Å². The molecule has 0 saturated carbocycles. The number of aliphatic hydroxyl groups is 5. The number of esters is 1. The number of nitrogens with one attached hydrogen (secondary N) is 1. The fourth-order valence-electron chi connectivity index (χ4n) is 11.0. The third-order valence-electron chi connectivity index (χ3n) is 15.6. The average Bonchev–Trinajstić information content (AvgIpc) is 3.78. The van der Waals surface area contributed by atoms with Gasteiger partial charge in [0.2, 0.25) is 0 Å². The zero-order valence-electron chi connectivity index (χ0n) is 44.1. The molecular formula is C51H87N7O12. The van der Waals surface area contributed by atoms with E-state index >= 15 is 0 Å². The number of benzene rings is 1. The molecule has 1 aromatic carbocycles. The molecule has 398 valence electrons. The van der Waals surface area contributed by atoms with Crippen LogP contribution in [-0.4, -0.2) is 181 Å². The lowest BCUT2D eigenvalue weighted by Gasteiger charge is -2.49. The van der Waals surface area contributed by atoms with Crippen LogP contribution < -0.4 is 5.11 Å². The van der Waals surface area contributed by atoms with E-state index in [4.69, 9.17) is 34.0 Å². The van der Waals surface area contributed by atoms with Crippen LogP contribution >= 0.6 is 0 Å². The molecule has 70 heavy (non-hydrogen) atoms. The molecule has 0 bridgehead atoms. The molecule has 0 aliphatic carbocycles. The van der Waals surface area contributed by atoms with E-state index in [1.54, 1.807) is 41.5 Å². The lowest BCUT2D eigenvalue weighted by molar-refractivity contribution is -0.379. The minimum absolute atomic E-state index is 0.106. The SMILES string of the molecule is CC[C@H]1OC(=O)[C@H](C)[C@@H](O[C@H]2C[C@@](C)(OC)[C@@H](O)[C@H](C)O2)[C@H](C)[C@@H](O[C@@H]2O[C@H](C)C[C@H](N(C)CCc3cn(CCCCc4ccc([NH+]=[N-])cc4)nn3)[C@H]2O)[C@](C)(O)C[C@@H](C)CN(C)[C@H](C)[C@@H](O)[C@]1(C)O. The molecule has 19 nitrogen and oxygen atoms in total. The molecule has 1 aromatic heterocycles. The lowest BCUT2D eigenvalue weighted by atomic mass is 9.77. The number of hydrogen-bond acceptors (Lipinski definition) is 16. The van der Waals surface area contributed by atoms with Crippen LogP contribution in [0.5, 0.6) is 0 Å². The topological polar surface area (TPSA) is 247 Å². The molecule has 19 heteroatoms. The summed E-state index contributed by atoms with van der Waals surface area (Å²) in [5, 5.41) is 70.6. The number of aryl methyl sites for hydroxylation is 2. The van der Waals surface area contributed by atoms with Gasteiger partial charge in [0.25, 0.3) is 0 Å². The van der Waals surface area contributed by atoms with E-state index in [1.165, 1.54) is 19.6 Å². The fourth-order valence-corrected chi connectivity index (χ4v) is 11.0. The van der Waals surface area contributed by atoms with Crippen LogP contribution in [-0.2, 0) is 52.6 Å². The molecule has 18 atom stereocenters. The van der Waals surface area contributed by atoms with Gasteiger partial charge in [0, 0.05) is 75.9 Å². The first-order valence-corrected chi connectivity index (χ1v) is 25.5. The molecule has 4 heterocycles. The van der Waals surface area contributed by atoms with Crippen molar-refractivity contribution in [3.05, 3.63) is 47.3 Å². The zero-order chi connectivity index (χ0) is 51.9. The molecule has 3 saturated heterocycles. The van der Waals surface area contributed by atoms with E-state index in [9.17, 15) is 30.3 Å². The minimum Gasteiger partial charge on any atom is -0.502 e. The van der Waals surface area contributed by atoms with Crippen molar-refractivity contribution in [2.24, 2.45) is 17.8 Å². The van der Waals surface area contributed by atoms with Crippen LogP contribution in [0.1, 0.15) is 119 Å². The number of aliphatic hydroxyl groups excluding tert-OH is 3. The molecular weight excluding hydrogens is 903 g/mol. The highest BCUT2D eigenvalue weighted by Gasteiger charge is 2.53. The Labute approximate surface area is 416 Å². The Kier molecular flexibility index (Phi) is 20.5. The average molecular weight is 990 g/mol. The number of carbonyl (C=O) groups is 1. The van der Waals surface area contributed by atoms with Crippen molar-refractivity contribution in [2.75, 3.05) is 34.3 Å². The van der Waals surface area contributed by atoms with Crippen molar-refractivity contribution in [3.8, 4) is 0 Å². The second-order valence-corrected chi connectivity index (χ2v) is 21.7. The summed E-state index contributed by atoms with van der Waals surface area (Å²) in [5.41, 5.74) is 7.24. The van der Waals surface area contributed by atoms with Gasteiger partial charge in [-0.2, -0.15) is 0 Å². The number of cyclic esters (lactones) is 1. The van der Waals surface area contributed by atoms with Gasteiger partial charge in [-0.1, -0.05) is 38.1 Å². The minimum atomic E-state index is -1.83. The Morgan fingerprint density at radius 2 is 1.64 bits per heavy atom. The van der Waals surface area contributed by atoms with Gasteiger partial charge in [-0.25, -0.2) is 0 Å². The number of carbonyl (C=O) groups excluding carboxylic acids is 1. The van der Waals surface area contributed by atoms with E-state index in [0.29, 0.717) is 31.6 Å². The number of nitrogens with zero attached hydrogens (tertiary/aromatic N) is 6. The highest BCUT2D eigenvalue weighted by Crippen LogP contribution is 2.40. The van der Waals surface area contributed by atoms with E-state index in [0.717, 1.165) is 31.5 Å². The molecule has 2 aromatic rings.